The van der Waals surface area contributed by atoms with Gasteiger partial charge in [-0.25, -0.2) is 0 Å². The third kappa shape index (κ3) is 1.88. The van der Waals surface area contributed by atoms with Crippen LogP contribution in [0.1, 0.15) is 24.6 Å². The second-order valence-corrected chi connectivity index (χ2v) is 4.16. The van der Waals surface area contributed by atoms with E-state index in [9.17, 15) is 14.9 Å². The minimum absolute atomic E-state index is 0.0199. The number of hydrogen-bond donors (Lipinski definition) is 0. The second-order valence-electron chi connectivity index (χ2n) is 4.16. The van der Waals surface area contributed by atoms with Crippen LogP contribution in [0.25, 0.3) is 0 Å². The lowest BCUT2D eigenvalue weighted by molar-refractivity contribution is -0.385. The lowest BCUT2D eigenvalue weighted by Crippen LogP contribution is -2.34. The number of carbonyl (C=O) groups is 1. The van der Waals surface area contributed by atoms with Crippen LogP contribution in [-0.4, -0.2) is 27.8 Å². The van der Waals surface area contributed by atoms with E-state index in [1.807, 2.05) is 0 Å². The van der Waals surface area contributed by atoms with Gasteiger partial charge < -0.3 is 4.74 Å². The molecule has 0 N–H and O–H groups in total. The number of nitro groups is 1. The van der Waals surface area contributed by atoms with Crippen LogP contribution in [0.5, 0.6) is 0 Å². The van der Waals surface area contributed by atoms with Crippen LogP contribution in [0.2, 0.25) is 0 Å². The fourth-order valence-electron chi connectivity index (χ4n) is 2.11. The number of rotatable bonds is 3. The molecular weight excluding hydrogens is 226 g/mol. The Bertz CT molecular complexity index is 462. The molecule has 17 heavy (non-hydrogen) atoms. The summed E-state index contributed by atoms with van der Waals surface area (Å²) in [5.41, 5.74) is 0.551. The van der Waals surface area contributed by atoms with E-state index in [1.165, 1.54) is 13.3 Å². The first-order valence-electron chi connectivity index (χ1n) is 5.31. The number of esters is 1. The Morgan fingerprint density at radius 1 is 1.65 bits per heavy atom. The quantitative estimate of drug-likeness (QED) is 0.449. The van der Waals surface area contributed by atoms with Gasteiger partial charge in [0, 0.05) is 0 Å². The van der Waals surface area contributed by atoms with Crippen molar-refractivity contribution in [1.29, 1.82) is 0 Å². The summed E-state index contributed by atoms with van der Waals surface area (Å²) >= 11 is 0. The van der Waals surface area contributed by atoms with Crippen molar-refractivity contribution in [3.8, 4) is 0 Å². The summed E-state index contributed by atoms with van der Waals surface area (Å²) in [4.78, 5) is 21.4. The summed E-state index contributed by atoms with van der Waals surface area (Å²) in [6.45, 7) is 1.66. The standard InChI is InChI=1S/C10H13N3O4/c1-6-9(13(15)16)5-11-12(6)8-3-7(4-8)10(14)17-2/h5,7-8H,3-4H2,1-2H3. The highest BCUT2D eigenvalue weighted by Crippen LogP contribution is 2.39. The van der Waals surface area contributed by atoms with Gasteiger partial charge >= 0.3 is 11.7 Å². The molecular formula is C10H13N3O4. The highest BCUT2D eigenvalue weighted by atomic mass is 16.6. The predicted molar refractivity (Wildman–Crippen MR) is 57.4 cm³/mol. The number of methoxy groups -OCH3 is 1. The van der Waals surface area contributed by atoms with Crippen LogP contribution >= 0.6 is 0 Å². The van der Waals surface area contributed by atoms with Crippen molar-refractivity contribution in [1.82, 2.24) is 9.78 Å². The van der Waals surface area contributed by atoms with Gasteiger partial charge in [-0.15, -0.1) is 0 Å². The average molecular weight is 239 g/mol. The van der Waals surface area contributed by atoms with E-state index in [4.69, 9.17) is 0 Å². The lowest BCUT2D eigenvalue weighted by atomic mass is 9.80. The Kier molecular flexibility index (Phi) is 2.83. The zero-order chi connectivity index (χ0) is 12.6. The smallest absolute Gasteiger partial charge is 0.309 e. The second kappa shape index (κ2) is 4.15. The SMILES string of the molecule is COC(=O)C1CC(n2ncc([N+](=O)[O-])c2C)C1. The van der Waals surface area contributed by atoms with Gasteiger partial charge in [-0.05, 0) is 19.8 Å². The minimum Gasteiger partial charge on any atom is -0.469 e. The van der Waals surface area contributed by atoms with E-state index in [2.05, 4.69) is 9.84 Å². The summed E-state index contributed by atoms with van der Waals surface area (Å²) in [6, 6.07) is 0.0628. The van der Waals surface area contributed by atoms with Crippen LogP contribution < -0.4 is 0 Å². The largest absolute Gasteiger partial charge is 0.469 e. The van der Waals surface area contributed by atoms with Crippen molar-refractivity contribution >= 4 is 11.7 Å². The van der Waals surface area contributed by atoms with E-state index in [1.54, 1.807) is 11.6 Å². The average Bonchev–Trinajstić information content (AvgIpc) is 2.58. The van der Waals surface area contributed by atoms with E-state index >= 15 is 0 Å². The molecule has 0 unspecified atom stereocenters. The highest BCUT2D eigenvalue weighted by Gasteiger charge is 2.38. The van der Waals surface area contributed by atoms with Gasteiger partial charge in [0.05, 0.1) is 24.0 Å². The number of ether oxygens (including phenoxy) is 1. The number of nitrogens with zero attached hydrogens (tertiary/aromatic N) is 3. The van der Waals surface area contributed by atoms with Crippen LogP contribution in [0.3, 0.4) is 0 Å². The van der Waals surface area contributed by atoms with E-state index in [0.29, 0.717) is 18.5 Å². The molecule has 7 nitrogen and oxygen atoms in total. The number of aromatic nitrogens is 2. The normalized spacial score (nSPS) is 22.9. The molecule has 1 aliphatic rings. The van der Waals surface area contributed by atoms with Crippen molar-refractivity contribution in [2.45, 2.75) is 25.8 Å². The first kappa shape index (κ1) is 11.6. The lowest BCUT2D eigenvalue weighted by Gasteiger charge is -2.33. The molecule has 1 fully saturated rings. The van der Waals surface area contributed by atoms with Crippen LogP contribution in [-0.2, 0) is 9.53 Å². The Morgan fingerprint density at radius 3 is 2.76 bits per heavy atom. The first-order chi connectivity index (χ1) is 8.04. The van der Waals surface area contributed by atoms with Crippen molar-refractivity contribution in [3.05, 3.63) is 22.0 Å². The van der Waals surface area contributed by atoms with Crippen molar-refractivity contribution in [2.24, 2.45) is 5.92 Å². The van der Waals surface area contributed by atoms with Gasteiger partial charge in [-0.3, -0.25) is 19.6 Å². The van der Waals surface area contributed by atoms with Gasteiger partial charge in [-0.1, -0.05) is 0 Å². The summed E-state index contributed by atoms with van der Waals surface area (Å²) in [5, 5.41) is 14.7. The zero-order valence-corrected chi connectivity index (χ0v) is 9.62. The molecule has 0 radical (unpaired) electrons. The molecule has 0 aliphatic heterocycles. The topological polar surface area (TPSA) is 87.3 Å². The van der Waals surface area contributed by atoms with Crippen LogP contribution in [0.15, 0.2) is 6.20 Å². The summed E-state index contributed by atoms with van der Waals surface area (Å²) < 4.78 is 6.26. The molecule has 2 rings (SSSR count). The Morgan fingerprint density at radius 2 is 2.29 bits per heavy atom. The van der Waals surface area contributed by atoms with Crippen LogP contribution in [0.4, 0.5) is 5.69 Å². The molecule has 1 aromatic rings. The molecule has 0 spiro atoms. The van der Waals surface area contributed by atoms with E-state index in [-0.39, 0.29) is 23.6 Å². The molecule has 1 aromatic heterocycles. The molecule has 0 bridgehead atoms. The van der Waals surface area contributed by atoms with Crippen molar-refractivity contribution in [3.63, 3.8) is 0 Å². The van der Waals surface area contributed by atoms with Crippen molar-refractivity contribution in [2.75, 3.05) is 7.11 Å². The number of hydrogen-bond acceptors (Lipinski definition) is 5. The maximum atomic E-state index is 11.2. The third-order valence-corrected chi connectivity index (χ3v) is 3.21. The number of carbonyl (C=O) groups excluding carboxylic acids is 1. The monoisotopic (exact) mass is 239 g/mol. The third-order valence-electron chi connectivity index (χ3n) is 3.21. The molecule has 1 heterocycles. The molecule has 0 amide bonds. The van der Waals surface area contributed by atoms with Gasteiger partial charge in [0.2, 0.25) is 0 Å². The summed E-state index contributed by atoms with van der Waals surface area (Å²) in [7, 11) is 1.36. The fourth-order valence-corrected chi connectivity index (χ4v) is 2.11. The molecule has 7 heteroatoms. The molecule has 1 aliphatic carbocycles. The predicted octanol–water partition coefficient (Wildman–Crippen LogP) is 1.22. The summed E-state index contributed by atoms with van der Waals surface area (Å²) in [6.07, 6.45) is 2.51. The zero-order valence-electron chi connectivity index (χ0n) is 9.62. The molecule has 1 saturated carbocycles. The summed E-state index contributed by atoms with van der Waals surface area (Å²) in [5.74, 6) is -0.326. The Balaban J connectivity index is 2.07. The molecule has 0 atom stereocenters. The maximum Gasteiger partial charge on any atom is 0.309 e. The van der Waals surface area contributed by atoms with E-state index in [0.717, 1.165) is 0 Å². The highest BCUT2D eigenvalue weighted by molar-refractivity contribution is 5.73. The first-order valence-corrected chi connectivity index (χ1v) is 5.31. The van der Waals surface area contributed by atoms with Gasteiger partial charge in [0.1, 0.15) is 11.9 Å². The minimum atomic E-state index is -0.449. The van der Waals surface area contributed by atoms with Gasteiger partial charge in [0.15, 0.2) is 0 Å². The Hall–Kier alpha value is -1.92. The molecule has 0 saturated heterocycles. The Labute approximate surface area is 97.5 Å². The molecule has 0 aromatic carbocycles. The maximum absolute atomic E-state index is 11.2. The van der Waals surface area contributed by atoms with Crippen molar-refractivity contribution < 1.29 is 14.5 Å². The van der Waals surface area contributed by atoms with E-state index < -0.39 is 4.92 Å². The van der Waals surface area contributed by atoms with Gasteiger partial charge in [0.25, 0.3) is 0 Å². The fraction of sp³-hybridized carbons (Fsp3) is 0.600. The van der Waals surface area contributed by atoms with Gasteiger partial charge in [-0.2, -0.15) is 5.10 Å². The molecule has 92 valence electrons. The van der Waals surface area contributed by atoms with Crippen LogP contribution in [0, 0.1) is 23.0 Å².